The van der Waals surface area contributed by atoms with Gasteiger partial charge in [-0.15, -0.1) is 0 Å². The first kappa shape index (κ1) is 16.0. The molecule has 0 spiro atoms. The number of methoxy groups -OCH3 is 1. The van der Waals surface area contributed by atoms with Crippen molar-refractivity contribution >= 4 is 21.4 Å². The quantitative estimate of drug-likeness (QED) is 0.919. The number of nitrogens with one attached hydrogen (secondary N) is 1. The lowest BCUT2D eigenvalue weighted by Gasteiger charge is -2.08. The molecule has 0 aromatic heterocycles. The molecule has 0 fully saturated rings. The first-order valence-corrected chi connectivity index (χ1v) is 8.29. The van der Waals surface area contributed by atoms with Crippen LogP contribution >= 0.6 is 0 Å². The van der Waals surface area contributed by atoms with Crippen molar-refractivity contribution in [3.63, 3.8) is 0 Å². The molecule has 5 nitrogen and oxygen atoms in total. The number of hydrogen-bond acceptors (Lipinski definition) is 4. The Hall–Kier alpha value is -2.34. The molecule has 2 rings (SSSR count). The first-order chi connectivity index (χ1) is 10.4. The van der Waals surface area contributed by atoms with Gasteiger partial charge in [0, 0.05) is 12.6 Å². The molecule has 1 amide bonds. The molecule has 0 unspecified atom stereocenters. The average Bonchev–Trinajstić information content (AvgIpc) is 2.47. The van der Waals surface area contributed by atoms with E-state index in [0.717, 1.165) is 0 Å². The van der Waals surface area contributed by atoms with Crippen molar-refractivity contribution in [2.45, 2.75) is 17.6 Å². The number of hydrogen-bond donors (Lipinski definition) is 1. The summed E-state index contributed by atoms with van der Waals surface area (Å²) in [4.78, 5) is 11.2. The Morgan fingerprint density at radius 3 is 2.41 bits per heavy atom. The molecule has 0 bridgehead atoms. The van der Waals surface area contributed by atoms with Crippen LogP contribution in [-0.2, 0) is 20.4 Å². The van der Waals surface area contributed by atoms with Crippen molar-refractivity contribution in [1.29, 1.82) is 0 Å². The van der Waals surface area contributed by atoms with Crippen molar-refractivity contribution in [3.05, 3.63) is 54.1 Å². The second-order valence-electron chi connectivity index (χ2n) is 4.82. The van der Waals surface area contributed by atoms with Gasteiger partial charge in [0.15, 0.2) is 9.84 Å². The molecule has 0 aliphatic rings. The maximum absolute atomic E-state index is 12.4. The lowest BCUT2D eigenvalue weighted by atomic mass is 10.2. The smallest absolute Gasteiger partial charge is 0.221 e. The Balaban J connectivity index is 2.20. The number of benzene rings is 2. The summed E-state index contributed by atoms with van der Waals surface area (Å²) < 4.78 is 29.9. The fourth-order valence-corrected chi connectivity index (χ4v) is 3.35. The molecule has 2 aromatic rings. The summed E-state index contributed by atoms with van der Waals surface area (Å²) in [6.45, 7) is 1.40. The van der Waals surface area contributed by atoms with E-state index in [1.54, 1.807) is 36.4 Å². The van der Waals surface area contributed by atoms with Crippen molar-refractivity contribution < 1.29 is 17.9 Å². The second kappa shape index (κ2) is 6.62. The maximum Gasteiger partial charge on any atom is 0.221 e. The summed E-state index contributed by atoms with van der Waals surface area (Å²) in [6.07, 6.45) is 0. The molecule has 22 heavy (non-hydrogen) atoms. The minimum absolute atomic E-state index is 0.107. The fourth-order valence-electron chi connectivity index (χ4n) is 2.01. The molecule has 0 heterocycles. The predicted octanol–water partition coefficient (Wildman–Crippen LogP) is 2.63. The Kier molecular flexibility index (Phi) is 4.82. The van der Waals surface area contributed by atoms with E-state index in [0.29, 0.717) is 17.0 Å². The highest BCUT2D eigenvalue weighted by molar-refractivity contribution is 7.90. The number of sulfone groups is 1. The fraction of sp³-hybridized carbons (Fsp3) is 0.188. The van der Waals surface area contributed by atoms with E-state index in [4.69, 9.17) is 4.74 Å². The highest BCUT2D eigenvalue weighted by Gasteiger charge is 2.15. The van der Waals surface area contributed by atoms with Gasteiger partial charge in [0.05, 0.1) is 17.8 Å². The predicted molar refractivity (Wildman–Crippen MR) is 84.6 cm³/mol. The van der Waals surface area contributed by atoms with Crippen molar-refractivity contribution in [2.75, 3.05) is 12.4 Å². The van der Waals surface area contributed by atoms with E-state index in [2.05, 4.69) is 5.32 Å². The maximum atomic E-state index is 12.4. The van der Waals surface area contributed by atoms with Crippen molar-refractivity contribution in [2.24, 2.45) is 0 Å². The van der Waals surface area contributed by atoms with E-state index >= 15 is 0 Å². The Morgan fingerprint density at radius 2 is 1.82 bits per heavy atom. The normalized spacial score (nSPS) is 11.0. The molecule has 0 radical (unpaired) electrons. The standard InChI is InChI=1S/C16H17NO4S/c1-12(18)17-14-6-8-16(9-7-14)22(19,20)11-13-4-3-5-15(10-13)21-2/h3-10H,11H2,1-2H3,(H,17,18). The van der Waals surface area contributed by atoms with E-state index < -0.39 is 9.84 Å². The van der Waals surface area contributed by atoms with Gasteiger partial charge in [-0.3, -0.25) is 4.79 Å². The molecule has 0 atom stereocenters. The molecule has 0 saturated heterocycles. The molecule has 1 N–H and O–H groups in total. The average molecular weight is 319 g/mol. The topological polar surface area (TPSA) is 72.5 Å². The van der Waals surface area contributed by atoms with Crippen LogP contribution in [0.2, 0.25) is 0 Å². The van der Waals surface area contributed by atoms with Crippen LogP contribution in [0, 0.1) is 0 Å². The number of carbonyl (C=O) groups excluding carboxylic acids is 1. The van der Waals surface area contributed by atoms with Crippen LogP contribution in [0.3, 0.4) is 0 Å². The largest absolute Gasteiger partial charge is 0.497 e. The van der Waals surface area contributed by atoms with Gasteiger partial charge in [-0.2, -0.15) is 0 Å². The summed E-state index contributed by atoms with van der Waals surface area (Å²) in [6, 6.07) is 13.1. The van der Waals surface area contributed by atoms with Gasteiger partial charge in [-0.25, -0.2) is 8.42 Å². The zero-order chi connectivity index (χ0) is 16.2. The van der Waals surface area contributed by atoms with Gasteiger partial charge < -0.3 is 10.1 Å². The Bertz CT molecular complexity index is 767. The zero-order valence-corrected chi connectivity index (χ0v) is 13.2. The lowest BCUT2D eigenvalue weighted by Crippen LogP contribution is -2.07. The van der Waals surface area contributed by atoms with Crippen LogP contribution in [0.4, 0.5) is 5.69 Å². The summed E-state index contributed by atoms with van der Waals surface area (Å²) in [5.74, 6) is 0.310. The molecule has 0 saturated carbocycles. The zero-order valence-electron chi connectivity index (χ0n) is 12.4. The van der Waals surface area contributed by atoms with Crippen molar-refractivity contribution in [3.8, 4) is 5.75 Å². The van der Waals surface area contributed by atoms with E-state index in [-0.39, 0.29) is 16.6 Å². The molecule has 0 aliphatic carbocycles. The van der Waals surface area contributed by atoms with Gasteiger partial charge in [-0.05, 0) is 42.0 Å². The van der Waals surface area contributed by atoms with Crippen LogP contribution in [0.15, 0.2) is 53.4 Å². The highest BCUT2D eigenvalue weighted by Crippen LogP contribution is 2.21. The molecular formula is C16H17NO4S. The SMILES string of the molecule is COc1cccc(CS(=O)(=O)c2ccc(NC(C)=O)cc2)c1. The number of amides is 1. The number of rotatable bonds is 5. The van der Waals surface area contributed by atoms with Crippen LogP contribution in [0.5, 0.6) is 5.75 Å². The first-order valence-electron chi connectivity index (χ1n) is 6.64. The molecule has 116 valence electrons. The summed E-state index contributed by atoms with van der Waals surface area (Å²) in [7, 11) is -1.92. The van der Waals surface area contributed by atoms with Gasteiger partial charge in [-0.1, -0.05) is 12.1 Å². The van der Waals surface area contributed by atoms with E-state index in [1.807, 2.05) is 0 Å². The lowest BCUT2D eigenvalue weighted by molar-refractivity contribution is -0.114. The monoisotopic (exact) mass is 319 g/mol. The molecule has 2 aromatic carbocycles. The third-order valence-corrected chi connectivity index (χ3v) is 4.73. The number of ether oxygens (including phenoxy) is 1. The Labute approximate surface area is 129 Å². The number of carbonyl (C=O) groups is 1. The minimum Gasteiger partial charge on any atom is -0.497 e. The molecular weight excluding hydrogens is 302 g/mol. The third kappa shape index (κ3) is 4.08. The molecule has 0 aliphatic heterocycles. The van der Waals surface area contributed by atoms with Crippen LogP contribution < -0.4 is 10.1 Å². The summed E-state index contributed by atoms with van der Waals surface area (Å²) in [5.41, 5.74) is 1.22. The third-order valence-electron chi connectivity index (χ3n) is 3.02. The minimum atomic E-state index is -3.45. The van der Waals surface area contributed by atoms with Crippen molar-refractivity contribution in [1.82, 2.24) is 0 Å². The van der Waals surface area contributed by atoms with Crippen LogP contribution in [0.1, 0.15) is 12.5 Å². The Morgan fingerprint density at radius 1 is 1.14 bits per heavy atom. The van der Waals surface area contributed by atoms with Gasteiger partial charge >= 0.3 is 0 Å². The van der Waals surface area contributed by atoms with Gasteiger partial charge in [0.1, 0.15) is 5.75 Å². The number of anilines is 1. The summed E-state index contributed by atoms with van der Waals surface area (Å²) >= 11 is 0. The van der Waals surface area contributed by atoms with E-state index in [9.17, 15) is 13.2 Å². The van der Waals surface area contributed by atoms with Gasteiger partial charge in [0.25, 0.3) is 0 Å². The van der Waals surface area contributed by atoms with E-state index in [1.165, 1.54) is 26.2 Å². The van der Waals surface area contributed by atoms with Crippen LogP contribution in [0.25, 0.3) is 0 Å². The molecule has 6 heteroatoms. The second-order valence-corrected chi connectivity index (χ2v) is 6.81. The van der Waals surface area contributed by atoms with Crippen LogP contribution in [-0.4, -0.2) is 21.4 Å². The summed E-state index contributed by atoms with van der Waals surface area (Å²) in [5, 5.41) is 2.60. The van der Waals surface area contributed by atoms with Gasteiger partial charge in [0.2, 0.25) is 5.91 Å². The highest BCUT2D eigenvalue weighted by atomic mass is 32.2.